The van der Waals surface area contributed by atoms with Crippen LogP contribution in [0.15, 0.2) is 24.3 Å². The minimum absolute atomic E-state index is 0.293. The predicted octanol–water partition coefficient (Wildman–Crippen LogP) is 2.84. The molecule has 1 atom stereocenters. The van der Waals surface area contributed by atoms with Crippen molar-refractivity contribution in [3.63, 3.8) is 0 Å². The first kappa shape index (κ1) is 16.7. The lowest BCUT2D eigenvalue weighted by Crippen LogP contribution is -2.40. The molecule has 22 heavy (non-hydrogen) atoms. The first-order chi connectivity index (χ1) is 10.6. The summed E-state index contributed by atoms with van der Waals surface area (Å²) in [6.07, 6.45) is 3.71. The molecule has 1 aromatic rings. The summed E-state index contributed by atoms with van der Waals surface area (Å²) in [6.45, 7) is 5.65. The van der Waals surface area contributed by atoms with Crippen LogP contribution in [-0.4, -0.2) is 48.7 Å². The van der Waals surface area contributed by atoms with Gasteiger partial charge in [0.1, 0.15) is 5.82 Å². The Morgan fingerprint density at radius 2 is 2.00 bits per heavy atom. The van der Waals surface area contributed by atoms with Gasteiger partial charge in [0.05, 0.1) is 11.6 Å². The molecular formula is C17H25FN2O2. The van der Waals surface area contributed by atoms with E-state index in [0.29, 0.717) is 18.8 Å². The van der Waals surface area contributed by atoms with Crippen molar-refractivity contribution in [3.05, 3.63) is 30.1 Å². The van der Waals surface area contributed by atoms with Crippen molar-refractivity contribution in [1.29, 1.82) is 0 Å². The number of hydrogen-bond donors (Lipinski definition) is 1. The third-order valence-corrected chi connectivity index (χ3v) is 4.24. The highest BCUT2D eigenvalue weighted by Crippen LogP contribution is 2.20. The second kappa shape index (κ2) is 8.13. The molecule has 1 saturated heterocycles. The Morgan fingerprint density at radius 3 is 2.64 bits per heavy atom. The molecule has 0 saturated carbocycles. The van der Waals surface area contributed by atoms with Crippen LogP contribution in [0.3, 0.4) is 0 Å². The average molecular weight is 308 g/mol. The summed E-state index contributed by atoms with van der Waals surface area (Å²) in [6, 6.07) is 6.59. The molecule has 1 N–H and O–H groups in total. The Bertz CT molecular complexity index is 489. The lowest BCUT2D eigenvalue weighted by atomic mass is 10.1. The van der Waals surface area contributed by atoms with Gasteiger partial charge in [-0.15, -0.1) is 0 Å². The number of carboxylic acid groups (broad SMARTS) is 1. The fraction of sp³-hybridized carbons (Fsp3) is 0.588. The zero-order valence-corrected chi connectivity index (χ0v) is 13.2. The molecule has 122 valence electrons. The number of para-hydroxylation sites is 1. The maximum absolute atomic E-state index is 14.1. The molecule has 0 spiro atoms. The highest BCUT2D eigenvalue weighted by Gasteiger charge is 2.20. The Hall–Kier alpha value is -1.62. The molecule has 0 aromatic heterocycles. The van der Waals surface area contributed by atoms with Crippen molar-refractivity contribution in [1.82, 2.24) is 4.90 Å². The molecule has 1 aliphatic rings. The molecule has 1 aliphatic heterocycles. The highest BCUT2D eigenvalue weighted by atomic mass is 19.1. The van der Waals surface area contributed by atoms with E-state index in [4.69, 9.17) is 5.11 Å². The van der Waals surface area contributed by atoms with Gasteiger partial charge in [-0.25, -0.2) is 4.39 Å². The minimum atomic E-state index is -0.848. The molecule has 2 rings (SSSR count). The smallest absolute Gasteiger partial charge is 0.308 e. The molecule has 1 heterocycles. The van der Waals surface area contributed by atoms with Crippen molar-refractivity contribution in [2.24, 2.45) is 5.92 Å². The van der Waals surface area contributed by atoms with Gasteiger partial charge in [0.15, 0.2) is 0 Å². The maximum atomic E-state index is 14.1. The summed E-state index contributed by atoms with van der Waals surface area (Å²) >= 11 is 0. The maximum Gasteiger partial charge on any atom is 0.308 e. The van der Waals surface area contributed by atoms with E-state index < -0.39 is 11.9 Å². The van der Waals surface area contributed by atoms with E-state index in [1.165, 1.54) is 25.3 Å². The van der Waals surface area contributed by atoms with E-state index in [0.717, 1.165) is 19.6 Å². The molecule has 5 heteroatoms. The second-order valence-electron chi connectivity index (χ2n) is 6.04. The third-order valence-electron chi connectivity index (χ3n) is 4.24. The molecule has 0 radical (unpaired) electrons. The summed E-state index contributed by atoms with van der Waals surface area (Å²) in [5.41, 5.74) is 0.493. The van der Waals surface area contributed by atoms with Gasteiger partial charge in [-0.05, 0) is 38.1 Å². The van der Waals surface area contributed by atoms with Crippen molar-refractivity contribution in [3.8, 4) is 0 Å². The topological polar surface area (TPSA) is 43.8 Å². The van der Waals surface area contributed by atoms with Crippen molar-refractivity contribution < 1.29 is 14.3 Å². The van der Waals surface area contributed by atoms with Gasteiger partial charge in [-0.2, -0.15) is 0 Å². The fourth-order valence-corrected chi connectivity index (χ4v) is 2.87. The lowest BCUT2D eigenvalue weighted by molar-refractivity contribution is -0.140. The van der Waals surface area contributed by atoms with E-state index in [-0.39, 0.29) is 5.82 Å². The molecule has 1 unspecified atom stereocenters. The van der Waals surface area contributed by atoms with E-state index in [2.05, 4.69) is 4.90 Å². The largest absolute Gasteiger partial charge is 0.481 e. The summed E-state index contributed by atoms with van der Waals surface area (Å²) in [4.78, 5) is 15.4. The fourth-order valence-electron chi connectivity index (χ4n) is 2.87. The van der Waals surface area contributed by atoms with Crippen molar-refractivity contribution in [2.45, 2.75) is 26.2 Å². The van der Waals surface area contributed by atoms with Crippen LogP contribution in [0.1, 0.15) is 26.2 Å². The van der Waals surface area contributed by atoms with Crippen LogP contribution in [0, 0.1) is 11.7 Å². The summed E-state index contributed by atoms with van der Waals surface area (Å²) in [7, 11) is 0. The monoisotopic (exact) mass is 308 g/mol. The van der Waals surface area contributed by atoms with E-state index in [1.807, 2.05) is 4.90 Å². The second-order valence-corrected chi connectivity index (χ2v) is 6.04. The van der Waals surface area contributed by atoms with E-state index in [9.17, 15) is 9.18 Å². The molecule has 0 amide bonds. The Labute approximate surface area is 131 Å². The van der Waals surface area contributed by atoms with Crippen LogP contribution < -0.4 is 4.90 Å². The van der Waals surface area contributed by atoms with Gasteiger partial charge < -0.3 is 14.9 Å². The third kappa shape index (κ3) is 4.70. The van der Waals surface area contributed by atoms with Gasteiger partial charge in [-0.1, -0.05) is 25.5 Å². The molecule has 0 aliphatic carbocycles. The average Bonchev–Trinajstić information content (AvgIpc) is 2.53. The first-order valence-electron chi connectivity index (χ1n) is 8.02. The zero-order chi connectivity index (χ0) is 15.9. The Morgan fingerprint density at radius 1 is 1.32 bits per heavy atom. The standard InChI is InChI=1S/C17H25FN2O2/c1-14(17(21)22)13-20(16-8-4-3-7-15(16)18)12-11-19-9-5-2-6-10-19/h3-4,7-8,14H,2,5-6,9-13H2,1H3,(H,21,22). The number of piperidine rings is 1. The summed E-state index contributed by atoms with van der Waals surface area (Å²) in [5, 5.41) is 9.13. The number of benzene rings is 1. The number of anilines is 1. The Balaban J connectivity index is 2.04. The number of likely N-dealkylation sites (tertiary alicyclic amines) is 1. The molecular weight excluding hydrogens is 283 g/mol. The number of aliphatic carboxylic acids is 1. The molecule has 4 nitrogen and oxygen atoms in total. The van der Waals surface area contributed by atoms with Crippen molar-refractivity contribution in [2.75, 3.05) is 37.6 Å². The van der Waals surface area contributed by atoms with Crippen LogP contribution >= 0.6 is 0 Å². The number of carbonyl (C=O) groups is 1. The first-order valence-corrected chi connectivity index (χ1v) is 8.02. The number of nitrogens with zero attached hydrogens (tertiary/aromatic N) is 2. The number of hydrogen-bond acceptors (Lipinski definition) is 3. The van der Waals surface area contributed by atoms with Crippen LogP contribution in [0.25, 0.3) is 0 Å². The van der Waals surface area contributed by atoms with Crippen LogP contribution in [0.5, 0.6) is 0 Å². The van der Waals surface area contributed by atoms with Crippen molar-refractivity contribution >= 4 is 11.7 Å². The quantitative estimate of drug-likeness (QED) is 0.841. The van der Waals surface area contributed by atoms with Crippen LogP contribution in [0.4, 0.5) is 10.1 Å². The lowest BCUT2D eigenvalue weighted by Gasteiger charge is -2.32. The van der Waals surface area contributed by atoms with Gasteiger partial charge in [0.25, 0.3) is 0 Å². The molecule has 0 bridgehead atoms. The van der Waals surface area contributed by atoms with E-state index in [1.54, 1.807) is 25.1 Å². The zero-order valence-electron chi connectivity index (χ0n) is 13.2. The summed E-state index contributed by atoms with van der Waals surface area (Å²) in [5.74, 6) is -1.67. The minimum Gasteiger partial charge on any atom is -0.481 e. The Kier molecular flexibility index (Phi) is 6.19. The van der Waals surface area contributed by atoms with Gasteiger partial charge >= 0.3 is 5.97 Å². The molecule has 1 fully saturated rings. The predicted molar refractivity (Wildman–Crippen MR) is 85.7 cm³/mol. The summed E-state index contributed by atoms with van der Waals surface area (Å²) < 4.78 is 14.1. The number of halogens is 1. The van der Waals surface area contributed by atoms with E-state index >= 15 is 0 Å². The highest BCUT2D eigenvalue weighted by molar-refractivity contribution is 5.70. The number of rotatable bonds is 7. The van der Waals surface area contributed by atoms with Gasteiger partial charge in [0.2, 0.25) is 0 Å². The normalized spacial score (nSPS) is 17.2. The van der Waals surface area contributed by atoms with Gasteiger partial charge in [-0.3, -0.25) is 4.79 Å². The SMILES string of the molecule is CC(CN(CCN1CCCCC1)c1ccccc1F)C(=O)O. The molecule has 1 aromatic carbocycles. The van der Waals surface area contributed by atoms with Crippen LogP contribution in [0.2, 0.25) is 0 Å². The van der Waals surface area contributed by atoms with Crippen LogP contribution in [-0.2, 0) is 4.79 Å². The number of carboxylic acids is 1. The van der Waals surface area contributed by atoms with Gasteiger partial charge in [0, 0.05) is 19.6 Å².